The summed E-state index contributed by atoms with van der Waals surface area (Å²) in [4.78, 5) is 15.3. The topological polar surface area (TPSA) is 85.2 Å². The van der Waals surface area contributed by atoms with E-state index in [9.17, 15) is 4.79 Å². The van der Waals surface area contributed by atoms with Gasteiger partial charge in [-0.3, -0.25) is 9.69 Å². The van der Waals surface area contributed by atoms with Gasteiger partial charge in [0, 0.05) is 25.7 Å². The van der Waals surface area contributed by atoms with Crippen LogP contribution in [-0.4, -0.2) is 49.5 Å². The third-order valence-corrected chi connectivity index (χ3v) is 6.45. The van der Waals surface area contributed by atoms with Gasteiger partial charge in [-0.15, -0.1) is 0 Å². The largest absolute Gasteiger partial charge is 0.496 e. The van der Waals surface area contributed by atoms with Crippen LogP contribution < -0.4 is 10.1 Å². The van der Waals surface area contributed by atoms with Crippen LogP contribution in [0.5, 0.6) is 5.75 Å². The first-order valence-corrected chi connectivity index (χ1v) is 11.4. The molecule has 1 saturated heterocycles. The highest BCUT2D eigenvalue weighted by Gasteiger charge is 2.24. The second-order valence-electron chi connectivity index (χ2n) is 7.91. The van der Waals surface area contributed by atoms with E-state index in [2.05, 4.69) is 36.2 Å². The standard InChI is InChI=1S/C23H24N6O2S/c1-31-21-5-3-2-4-18(21)23(30)25-22-8-11-24-29(22)17-9-12-28(13-10-17)15-16-6-7-19-20(14-16)27-32-26-19/h2-8,11,14,17H,9-10,12-13,15H2,1H3,(H,25,30). The van der Waals surface area contributed by atoms with Gasteiger partial charge in [0.05, 0.1) is 36.6 Å². The number of carbonyl (C=O) groups excluding carboxylic acids is 1. The van der Waals surface area contributed by atoms with Gasteiger partial charge in [-0.2, -0.15) is 13.8 Å². The van der Waals surface area contributed by atoms with Crippen molar-refractivity contribution in [3.05, 3.63) is 65.9 Å². The summed E-state index contributed by atoms with van der Waals surface area (Å²) in [6, 6.07) is 15.6. The number of amides is 1. The molecule has 1 fully saturated rings. The SMILES string of the molecule is COc1ccccc1C(=O)Nc1ccnn1C1CCN(Cc2ccc3nsnc3c2)CC1. The maximum atomic E-state index is 12.8. The number of piperidine rings is 1. The van der Waals surface area contributed by atoms with Gasteiger partial charge in [-0.1, -0.05) is 18.2 Å². The predicted octanol–water partition coefficient (Wildman–Crippen LogP) is 3.99. The lowest BCUT2D eigenvalue weighted by molar-refractivity contribution is 0.102. The molecule has 1 aliphatic rings. The highest BCUT2D eigenvalue weighted by Crippen LogP contribution is 2.27. The molecular weight excluding hydrogens is 424 g/mol. The first kappa shape index (κ1) is 20.6. The Balaban J connectivity index is 1.22. The fourth-order valence-electron chi connectivity index (χ4n) is 4.23. The molecule has 0 spiro atoms. The average molecular weight is 449 g/mol. The van der Waals surface area contributed by atoms with Crippen molar-refractivity contribution in [3.8, 4) is 5.75 Å². The van der Waals surface area contributed by atoms with Crippen LogP contribution in [0.4, 0.5) is 5.82 Å². The van der Waals surface area contributed by atoms with Crippen molar-refractivity contribution in [2.75, 3.05) is 25.5 Å². The van der Waals surface area contributed by atoms with E-state index in [0.29, 0.717) is 17.1 Å². The van der Waals surface area contributed by atoms with Gasteiger partial charge in [0.2, 0.25) is 0 Å². The Morgan fingerprint density at radius 2 is 1.94 bits per heavy atom. The molecule has 4 aromatic rings. The number of rotatable bonds is 6. The van der Waals surface area contributed by atoms with Crippen LogP contribution in [0.3, 0.4) is 0 Å². The highest BCUT2D eigenvalue weighted by molar-refractivity contribution is 7.00. The molecule has 9 heteroatoms. The molecule has 1 amide bonds. The predicted molar refractivity (Wildman–Crippen MR) is 124 cm³/mol. The number of anilines is 1. The number of nitrogens with zero attached hydrogens (tertiary/aromatic N) is 5. The number of methoxy groups -OCH3 is 1. The summed E-state index contributed by atoms with van der Waals surface area (Å²) in [5.41, 5.74) is 3.69. The van der Waals surface area contributed by atoms with E-state index in [1.807, 2.05) is 28.9 Å². The van der Waals surface area contributed by atoms with Crippen LogP contribution >= 0.6 is 11.7 Å². The van der Waals surface area contributed by atoms with Crippen molar-refractivity contribution >= 4 is 34.5 Å². The molecule has 3 heterocycles. The molecule has 164 valence electrons. The Morgan fingerprint density at radius 3 is 2.78 bits per heavy atom. The molecule has 0 unspecified atom stereocenters. The molecule has 8 nitrogen and oxygen atoms in total. The number of hydrogen-bond donors (Lipinski definition) is 1. The van der Waals surface area contributed by atoms with E-state index < -0.39 is 0 Å². The molecule has 2 aromatic carbocycles. The van der Waals surface area contributed by atoms with Crippen LogP contribution in [0, 0.1) is 0 Å². The minimum atomic E-state index is -0.200. The van der Waals surface area contributed by atoms with Crippen molar-refractivity contribution in [1.29, 1.82) is 0 Å². The number of aromatic nitrogens is 4. The molecule has 0 saturated carbocycles. The van der Waals surface area contributed by atoms with E-state index in [1.54, 1.807) is 25.4 Å². The number of fused-ring (bicyclic) bond motifs is 1. The minimum absolute atomic E-state index is 0.200. The number of nitrogens with one attached hydrogen (secondary N) is 1. The monoisotopic (exact) mass is 448 g/mol. The van der Waals surface area contributed by atoms with Gasteiger partial charge in [0.1, 0.15) is 22.6 Å². The van der Waals surface area contributed by atoms with E-state index in [4.69, 9.17) is 4.74 Å². The van der Waals surface area contributed by atoms with E-state index in [-0.39, 0.29) is 11.9 Å². The number of para-hydroxylation sites is 1. The molecule has 5 rings (SSSR count). The van der Waals surface area contributed by atoms with Gasteiger partial charge in [-0.05, 0) is 42.7 Å². The first-order valence-electron chi connectivity index (χ1n) is 10.6. The van der Waals surface area contributed by atoms with Gasteiger partial charge in [0.25, 0.3) is 5.91 Å². The summed E-state index contributed by atoms with van der Waals surface area (Å²) < 4.78 is 15.9. The number of benzene rings is 2. The maximum Gasteiger partial charge on any atom is 0.260 e. The summed E-state index contributed by atoms with van der Waals surface area (Å²) in [6.07, 6.45) is 3.68. The average Bonchev–Trinajstić information content (AvgIpc) is 3.48. The van der Waals surface area contributed by atoms with Gasteiger partial charge < -0.3 is 10.1 Å². The molecule has 0 bridgehead atoms. The van der Waals surface area contributed by atoms with Crippen LogP contribution in [0.2, 0.25) is 0 Å². The number of hydrogen-bond acceptors (Lipinski definition) is 7. The van der Waals surface area contributed by atoms with Crippen LogP contribution in [-0.2, 0) is 6.54 Å². The second-order valence-corrected chi connectivity index (χ2v) is 8.44. The Bertz CT molecular complexity index is 1230. The summed E-state index contributed by atoms with van der Waals surface area (Å²) >= 11 is 1.25. The maximum absolute atomic E-state index is 12.8. The van der Waals surface area contributed by atoms with Crippen molar-refractivity contribution in [3.63, 3.8) is 0 Å². The minimum Gasteiger partial charge on any atom is -0.496 e. The van der Waals surface area contributed by atoms with Crippen LogP contribution in [0.1, 0.15) is 34.8 Å². The van der Waals surface area contributed by atoms with Crippen molar-refractivity contribution < 1.29 is 9.53 Å². The van der Waals surface area contributed by atoms with Gasteiger partial charge in [-0.25, -0.2) is 4.68 Å². The molecule has 0 aliphatic carbocycles. The zero-order valence-electron chi connectivity index (χ0n) is 17.8. The highest BCUT2D eigenvalue weighted by atomic mass is 32.1. The fourth-order valence-corrected chi connectivity index (χ4v) is 4.74. The summed E-state index contributed by atoms with van der Waals surface area (Å²) in [6.45, 7) is 2.84. The molecule has 1 aliphatic heterocycles. The lowest BCUT2D eigenvalue weighted by atomic mass is 10.0. The smallest absolute Gasteiger partial charge is 0.260 e. The molecule has 2 aromatic heterocycles. The Labute approximate surface area is 190 Å². The summed E-state index contributed by atoms with van der Waals surface area (Å²) in [7, 11) is 1.57. The second kappa shape index (κ2) is 9.05. The molecule has 1 N–H and O–H groups in total. The number of ether oxygens (including phenoxy) is 1. The van der Waals surface area contributed by atoms with Crippen molar-refractivity contribution in [1.82, 2.24) is 23.4 Å². The molecular formula is C23H24N6O2S. The lowest BCUT2D eigenvalue weighted by Gasteiger charge is -2.32. The van der Waals surface area contributed by atoms with Crippen LogP contribution in [0.15, 0.2) is 54.7 Å². The fraction of sp³-hybridized carbons (Fsp3) is 0.304. The quantitative estimate of drug-likeness (QED) is 0.480. The van der Waals surface area contributed by atoms with E-state index >= 15 is 0 Å². The van der Waals surface area contributed by atoms with E-state index in [1.165, 1.54) is 17.3 Å². The Kier molecular flexibility index (Phi) is 5.83. The Hall–Kier alpha value is -3.30. The first-order chi connectivity index (χ1) is 15.7. The molecule has 32 heavy (non-hydrogen) atoms. The summed E-state index contributed by atoms with van der Waals surface area (Å²) in [5, 5.41) is 7.50. The number of carbonyl (C=O) groups is 1. The number of likely N-dealkylation sites (tertiary alicyclic amines) is 1. The Morgan fingerprint density at radius 1 is 1.12 bits per heavy atom. The van der Waals surface area contributed by atoms with Crippen LogP contribution in [0.25, 0.3) is 11.0 Å². The zero-order valence-corrected chi connectivity index (χ0v) is 18.6. The summed E-state index contributed by atoms with van der Waals surface area (Å²) in [5.74, 6) is 1.06. The third-order valence-electron chi connectivity index (χ3n) is 5.89. The van der Waals surface area contributed by atoms with Gasteiger partial charge in [0.15, 0.2) is 0 Å². The van der Waals surface area contributed by atoms with Gasteiger partial charge >= 0.3 is 0 Å². The normalized spacial score (nSPS) is 15.2. The van der Waals surface area contributed by atoms with Crippen molar-refractivity contribution in [2.24, 2.45) is 0 Å². The molecule has 0 radical (unpaired) electrons. The molecule has 0 atom stereocenters. The zero-order chi connectivity index (χ0) is 21.9. The third kappa shape index (κ3) is 4.21. The lowest BCUT2D eigenvalue weighted by Crippen LogP contribution is -2.35. The van der Waals surface area contributed by atoms with E-state index in [0.717, 1.165) is 43.5 Å². The van der Waals surface area contributed by atoms with Crippen molar-refractivity contribution in [2.45, 2.75) is 25.4 Å².